The Labute approximate surface area is 195 Å². The molecular formula is C23H19ClN2O6S. The van der Waals surface area contributed by atoms with Crippen molar-refractivity contribution in [3.63, 3.8) is 0 Å². The molecule has 0 bridgehead atoms. The van der Waals surface area contributed by atoms with Crippen molar-refractivity contribution < 1.29 is 27.5 Å². The summed E-state index contributed by atoms with van der Waals surface area (Å²) in [5.41, 5.74) is 0.374. The number of para-hydroxylation sites is 1. The number of sulfonamides is 1. The van der Waals surface area contributed by atoms with E-state index in [4.69, 9.17) is 21.1 Å². The molecule has 170 valence electrons. The van der Waals surface area contributed by atoms with Crippen LogP contribution in [0.15, 0.2) is 71.6 Å². The van der Waals surface area contributed by atoms with Crippen molar-refractivity contribution in [2.24, 2.45) is 0 Å². The third-order valence-electron chi connectivity index (χ3n) is 5.13. The lowest BCUT2D eigenvalue weighted by atomic mass is 10.1. The molecule has 3 aromatic carbocycles. The van der Waals surface area contributed by atoms with Crippen molar-refractivity contribution in [1.29, 1.82) is 0 Å². The van der Waals surface area contributed by atoms with Gasteiger partial charge in [-0.1, -0.05) is 29.8 Å². The number of hydrogen-bond acceptors (Lipinski definition) is 6. The Hall–Kier alpha value is -3.56. The van der Waals surface area contributed by atoms with E-state index in [9.17, 15) is 18.0 Å². The van der Waals surface area contributed by atoms with Crippen LogP contribution in [0.1, 0.15) is 10.4 Å². The molecule has 8 nitrogen and oxygen atoms in total. The Morgan fingerprint density at radius 3 is 2.42 bits per heavy atom. The molecule has 0 saturated carbocycles. The van der Waals surface area contributed by atoms with Crippen LogP contribution in [0.2, 0.25) is 5.02 Å². The number of rotatable bonds is 6. The molecule has 0 aliphatic carbocycles. The summed E-state index contributed by atoms with van der Waals surface area (Å²) in [6.07, 6.45) is 0. The molecule has 2 amide bonds. The molecule has 4 rings (SSSR count). The molecule has 0 atom stereocenters. The van der Waals surface area contributed by atoms with Crippen LogP contribution in [-0.4, -0.2) is 41.0 Å². The highest BCUT2D eigenvalue weighted by atomic mass is 35.5. The van der Waals surface area contributed by atoms with E-state index in [1.54, 1.807) is 30.3 Å². The average molecular weight is 487 g/mol. The predicted molar refractivity (Wildman–Crippen MR) is 124 cm³/mol. The molecule has 0 radical (unpaired) electrons. The normalized spacial score (nSPS) is 14.6. The van der Waals surface area contributed by atoms with Crippen molar-refractivity contribution in [2.45, 2.75) is 4.90 Å². The number of ketones is 1. The Bertz CT molecular complexity index is 1360. The summed E-state index contributed by atoms with van der Waals surface area (Å²) < 4.78 is 37.8. The molecule has 0 unspecified atom stereocenters. The summed E-state index contributed by atoms with van der Waals surface area (Å²) in [5.74, 6) is 0.282. The van der Waals surface area contributed by atoms with Crippen LogP contribution in [0.5, 0.6) is 11.5 Å². The van der Waals surface area contributed by atoms with Gasteiger partial charge >= 0.3 is 6.03 Å². The molecule has 0 saturated heterocycles. The number of halogens is 1. The molecule has 1 aliphatic heterocycles. The summed E-state index contributed by atoms with van der Waals surface area (Å²) in [4.78, 5) is 27.8. The van der Waals surface area contributed by atoms with Crippen molar-refractivity contribution in [3.05, 3.63) is 77.3 Å². The Balaban J connectivity index is 1.81. The highest BCUT2D eigenvalue weighted by Gasteiger charge is 2.43. The quantitative estimate of drug-likeness (QED) is 0.480. The van der Waals surface area contributed by atoms with Crippen molar-refractivity contribution in [1.82, 2.24) is 0 Å². The summed E-state index contributed by atoms with van der Waals surface area (Å²) in [5, 5.41) is 0.262. The molecule has 0 fully saturated rings. The third kappa shape index (κ3) is 4.01. The maximum absolute atomic E-state index is 13.5. The van der Waals surface area contributed by atoms with Crippen LogP contribution in [0.3, 0.4) is 0 Å². The first kappa shape index (κ1) is 22.6. The molecule has 33 heavy (non-hydrogen) atoms. The number of anilines is 2. The maximum atomic E-state index is 13.5. The first-order chi connectivity index (χ1) is 15.8. The fourth-order valence-corrected chi connectivity index (χ4v) is 5.35. The topological polar surface area (TPSA) is 93.2 Å². The van der Waals surface area contributed by atoms with E-state index >= 15 is 0 Å². The van der Waals surface area contributed by atoms with Gasteiger partial charge in [-0.3, -0.25) is 9.69 Å². The second kappa shape index (κ2) is 8.76. The number of fused-ring (bicyclic) bond motifs is 1. The fraction of sp³-hybridized carbons (Fsp3) is 0.130. The lowest BCUT2D eigenvalue weighted by molar-refractivity contribution is 0.0996. The van der Waals surface area contributed by atoms with E-state index in [1.807, 2.05) is 0 Å². The number of ether oxygens (including phenoxy) is 2. The number of carbonyl (C=O) groups is 2. The van der Waals surface area contributed by atoms with Crippen molar-refractivity contribution in [2.75, 3.05) is 30.0 Å². The van der Waals surface area contributed by atoms with Gasteiger partial charge in [0.2, 0.25) is 0 Å². The van der Waals surface area contributed by atoms with Crippen LogP contribution < -0.4 is 18.7 Å². The first-order valence-corrected chi connectivity index (χ1v) is 11.6. The third-order valence-corrected chi connectivity index (χ3v) is 7.11. The smallest absolute Gasteiger partial charge is 0.343 e. The fourth-order valence-electron chi connectivity index (χ4n) is 3.58. The number of carbonyl (C=O) groups excluding carboxylic acids is 2. The first-order valence-electron chi connectivity index (χ1n) is 9.74. The summed E-state index contributed by atoms with van der Waals surface area (Å²) in [7, 11) is -1.34. The minimum atomic E-state index is -4.23. The average Bonchev–Trinajstić information content (AvgIpc) is 2.81. The van der Waals surface area contributed by atoms with Gasteiger partial charge in [0.1, 0.15) is 16.4 Å². The molecule has 10 heteroatoms. The van der Waals surface area contributed by atoms with Gasteiger partial charge in [-0.15, -0.1) is 0 Å². The van der Waals surface area contributed by atoms with Crippen molar-refractivity contribution in [3.8, 4) is 11.5 Å². The van der Waals surface area contributed by atoms with Gasteiger partial charge in [0.05, 0.1) is 37.7 Å². The number of methoxy groups -OCH3 is 2. The number of urea groups is 1. The highest BCUT2D eigenvalue weighted by molar-refractivity contribution is 7.94. The highest BCUT2D eigenvalue weighted by Crippen LogP contribution is 2.38. The molecular weight excluding hydrogens is 468 g/mol. The standard InChI is InChI=1S/C23H19ClN2O6S/c1-31-17-10-11-21(32-2)18(13-17)20(27)14-25-19-8-3-4-9-22(19)33(29,30)26(23(25)28)16-7-5-6-15(24)12-16/h3-13H,14H2,1-2H3. The maximum Gasteiger partial charge on any atom is 0.343 e. The number of benzene rings is 3. The number of Topliss-reactive ketones (excluding diaryl/α,β-unsaturated/α-hetero) is 1. The summed E-state index contributed by atoms with van der Waals surface area (Å²) >= 11 is 6.04. The molecule has 0 spiro atoms. The van der Waals surface area contributed by atoms with Gasteiger partial charge in [0, 0.05) is 5.02 Å². The predicted octanol–water partition coefficient (Wildman–Crippen LogP) is 4.38. The second-order valence-electron chi connectivity index (χ2n) is 7.08. The molecule has 1 heterocycles. The van der Waals surface area contributed by atoms with E-state index in [0.29, 0.717) is 15.8 Å². The Morgan fingerprint density at radius 1 is 0.970 bits per heavy atom. The lowest BCUT2D eigenvalue weighted by Crippen LogP contribution is -2.52. The van der Waals surface area contributed by atoms with E-state index in [1.165, 1.54) is 50.6 Å². The van der Waals surface area contributed by atoms with Gasteiger partial charge in [-0.2, -0.15) is 4.31 Å². The molecule has 1 aliphatic rings. The van der Waals surface area contributed by atoms with Crippen LogP contribution in [-0.2, 0) is 10.0 Å². The molecule has 3 aromatic rings. The van der Waals surface area contributed by atoms with E-state index in [-0.39, 0.29) is 26.9 Å². The summed E-state index contributed by atoms with van der Waals surface area (Å²) in [6, 6.07) is 15.8. The van der Waals surface area contributed by atoms with Gasteiger partial charge in [0.15, 0.2) is 5.78 Å². The van der Waals surface area contributed by atoms with Gasteiger partial charge < -0.3 is 9.47 Å². The van der Waals surface area contributed by atoms with Crippen LogP contribution in [0, 0.1) is 0 Å². The number of hydrogen-bond donors (Lipinski definition) is 0. The summed E-state index contributed by atoms with van der Waals surface area (Å²) in [6.45, 7) is -0.425. The van der Waals surface area contributed by atoms with E-state index in [0.717, 1.165) is 4.90 Å². The van der Waals surface area contributed by atoms with Crippen LogP contribution in [0.25, 0.3) is 0 Å². The monoisotopic (exact) mass is 486 g/mol. The zero-order chi connectivity index (χ0) is 23.8. The lowest BCUT2D eigenvalue weighted by Gasteiger charge is -2.36. The number of amides is 2. The van der Waals surface area contributed by atoms with Crippen LogP contribution >= 0.6 is 11.6 Å². The minimum absolute atomic E-state index is 0.0680. The second-order valence-corrected chi connectivity index (χ2v) is 9.27. The van der Waals surface area contributed by atoms with Gasteiger partial charge in [-0.25, -0.2) is 13.2 Å². The van der Waals surface area contributed by atoms with Crippen molar-refractivity contribution >= 4 is 44.8 Å². The zero-order valence-electron chi connectivity index (χ0n) is 17.7. The minimum Gasteiger partial charge on any atom is -0.497 e. The SMILES string of the molecule is COc1ccc(OC)c(C(=O)CN2C(=O)N(c3cccc(Cl)c3)S(=O)(=O)c3ccccc32)c1. The van der Waals surface area contributed by atoms with Crippen LogP contribution in [0.4, 0.5) is 16.2 Å². The molecule has 0 aromatic heterocycles. The zero-order valence-corrected chi connectivity index (χ0v) is 19.3. The number of nitrogens with zero attached hydrogens (tertiary/aromatic N) is 2. The van der Waals surface area contributed by atoms with Gasteiger partial charge in [0.25, 0.3) is 10.0 Å². The van der Waals surface area contributed by atoms with E-state index in [2.05, 4.69) is 0 Å². The van der Waals surface area contributed by atoms with E-state index < -0.39 is 28.4 Å². The van der Waals surface area contributed by atoms with Gasteiger partial charge in [-0.05, 0) is 48.5 Å². The Kier molecular flexibility index (Phi) is 6.01. The molecule has 0 N–H and O–H groups in total. The Morgan fingerprint density at radius 2 is 1.73 bits per heavy atom. The largest absolute Gasteiger partial charge is 0.497 e.